The highest BCUT2D eigenvalue weighted by Crippen LogP contribution is 2.51. The number of hydrogen-bond acceptors (Lipinski definition) is 3. The monoisotopic (exact) mass is 318 g/mol. The number of nitrogens with zero attached hydrogens (tertiary/aromatic N) is 2. The molecule has 0 unspecified atom stereocenters. The Kier molecular flexibility index (Phi) is 4.10. The highest BCUT2D eigenvalue weighted by atomic mass is 16.7. The molecule has 0 radical (unpaired) electrons. The molecule has 122 valence electrons. The van der Waals surface area contributed by atoms with Crippen molar-refractivity contribution in [3.63, 3.8) is 0 Å². The highest BCUT2D eigenvalue weighted by molar-refractivity contribution is 5.39. The minimum atomic E-state index is -0.0487. The number of hydrogen-bond donors (Lipinski definition) is 0. The average Bonchev–Trinajstić information content (AvgIpc) is 3.17. The van der Waals surface area contributed by atoms with Gasteiger partial charge in [-0.05, 0) is 42.4 Å². The number of hydroxylamine groups is 2. The van der Waals surface area contributed by atoms with Crippen molar-refractivity contribution >= 4 is 0 Å². The van der Waals surface area contributed by atoms with Crippen molar-refractivity contribution < 1.29 is 4.84 Å². The molecular formula is C21H22N2O. The molecule has 2 aliphatic rings. The standard InChI is InChI=1S/C21H22N2O/c22-15-12-19-11-14-21(13-10-18-8-4-5-9-20(18)21)23(19)24-16-17-6-2-1-3-7-17/h1-9,19H,10-14,16H2/t19-,21-/m0/s1. The molecule has 1 aliphatic carbocycles. The molecule has 4 rings (SSSR count). The molecule has 1 heterocycles. The van der Waals surface area contributed by atoms with E-state index in [0.29, 0.717) is 13.0 Å². The van der Waals surface area contributed by atoms with Crippen LogP contribution < -0.4 is 0 Å². The maximum atomic E-state index is 9.22. The van der Waals surface area contributed by atoms with Crippen LogP contribution in [0, 0.1) is 11.3 Å². The first kappa shape index (κ1) is 15.4. The van der Waals surface area contributed by atoms with Gasteiger partial charge in [0.2, 0.25) is 0 Å². The molecule has 1 spiro atoms. The van der Waals surface area contributed by atoms with Gasteiger partial charge in [-0.25, -0.2) is 0 Å². The largest absolute Gasteiger partial charge is 0.293 e. The number of nitriles is 1. The van der Waals surface area contributed by atoms with Crippen LogP contribution in [0.5, 0.6) is 0 Å². The first-order chi connectivity index (χ1) is 11.8. The van der Waals surface area contributed by atoms with Gasteiger partial charge in [0.15, 0.2) is 0 Å². The van der Waals surface area contributed by atoms with E-state index in [0.717, 1.165) is 25.7 Å². The van der Waals surface area contributed by atoms with Crippen LogP contribution in [0.2, 0.25) is 0 Å². The van der Waals surface area contributed by atoms with Gasteiger partial charge in [0.25, 0.3) is 0 Å². The van der Waals surface area contributed by atoms with E-state index in [9.17, 15) is 5.26 Å². The summed E-state index contributed by atoms with van der Waals surface area (Å²) in [5.74, 6) is 0. The minimum absolute atomic E-state index is 0.0487. The zero-order valence-corrected chi connectivity index (χ0v) is 13.8. The van der Waals surface area contributed by atoms with Crippen molar-refractivity contribution in [3.8, 4) is 6.07 Å². The van der Waals surface area contributed by atoms with Crippen LogP contribution in [0.3, 0.4) is 0 Å². The smallest absolute Gasteiger partial charge is 0.0936 e. The predicted molar refractivity (Wildman–Crippen MR) is 92.8 cm³/mol. The molecule has 24 heavy (non-hydrogen) atoms. The van der Waals surface area contributed by atoms with E-state index in [1.165, 1.54) is 16.7 Å². The average molecular weight is 318 g/mol. The molecule has 1 fully saturated rings. The van der Waals surface area contributed by atoms with Crippen LogP contribution in [0.1, 0.15) is 42.4 Å². The molecule has 0 N–H and O–H groups in total. The Balaban J connectivity index is 1.63. The summed E-state index contributed by atoms with van der Waals surface area (Å²) >= 11 is 0. The van der Waals surface area contributed by atoms with Gasteiger partial charge in [0.05, 0.1) is 24.6 Å². The van der Waals surface area contributed by atoms with Crippen molar-refractivity contribution in [1.82, 2.24) is 5.06 Å². The Morgan fingerprint density at radius 3 is 2.71 bits per heavy atom. The van der Waals surface area contributed by atoms with Gasteiger partial charge in [-0.2, -0.15) is 10.3 Å². The third kappa shape index (κ3) is 2.53. The predicted octanol–water partition coefficient (Wildman–Crippen LogP) is 4.34. The molecule has 2 atom stereocenters. The number of fused-ring (bicyclic) bond motifs is 2. The second kappa shape index (κ2) is 6.39. The molecule has 0 amide bonds. The van der Waals surface area contributed by atoms with Crippen LogP contribution in [0.4, 0.5) is 0 Å². The van der Waals surface area contributed by atoms with Crippen molar-refractivity contribution in [2.75, 3.05) is 0 Å². The van der Waals surface area contributed by atoms with E-state index in [1.54, 1.807) is 0 Å². The fraction of sp³-hybridized carbons (Fsp3) is 0.381. The molecule has 1 saturated heterocycles. The second-order valence-corrected chi connectivity index (χ2v) is 6.83. The third-order valence-electron chi connectivity index (χ3n) is 5.51. The first-order valence-corrected chi connectivity index (χ1v) is 8.75. The maximum absolute atomic E-state index is 9.22. The van der Waals surface area contributed by atoms with E-state index in [4.69, 9.17) is 4.84 Å². The molecule has 0 saturated carbocycles. The molecule has 0 bridgehead atoms. The topological polar surface area (TPSA) is 36.3 Å². The summed E-state index contributed by atoms with van der Waals surface area (Å²) in [4.78, 5) is 6.33. The van der Waals surface area contributed by atoms with Gasteiger partial charge < -0.3 is 0 Å². The van der Waals surface area contributed by atoms with E-state index in [2.05, 4.69) is 47.5 Å². The van der Waals surface area contributed by atoms with Crippen LogP contribution in [-0.2, 0) is 23.4 Å². The van der Waals surface area contributed by atoms with Gasteiger partial charge in [-0.1, -0.05) is 54.6 Å². The van der Waals surface area contributed by atoms with Crippen molar-refractivity contribution in [1.29, 1.82) is 5.26 Å². The van der Waals surface area contributed by atoms with E-state index >= 15 is 0 Å². The summed E-state index contributed by atoms with van der Waals surface area (Å²) in [6.45, 7) is 0.562. The Bertz CT molecular complexity index is 752. The molecule has 2 aromatic carbocycles. The number of rotatable bonds is 4. The lowest BCUT2D eigenvalue weighted by Crippen LogP contribution is -2.43. The van der Waals surface area contributed by atoms with E-state index in [1.807, 2.05) is 18.2 Å². The summed E-state index contributed by atoms with van der Waals surface area (Å²) in [5, 5.41) is 11.4. The van der Waals surface area contributed by atoms with Gasteiger partial charge >= 0.3 is 0 Å². The second-order valence-electron chi connectivity index (χ2n) is 6.83. The molecule has 1 aliphatic heterocycles. The van der Waals surface area contributed by atoms with Crippen LogP contribution in [-0.4, -0.2) is 11.1 Å². The van der Waals surface area contributed by atoms with Gasteiger partial charge in [-0.15, -0.1) is 0 Å². The summed E-state index contributed by atoms with van der Waals surface area (Å²) in [7, 11) is 0. The normalized spacial score (nSPS) is 25.7. The number of aryl methyl sites for hydroxylation is 1. The van der Waals surface area contributed by atoms with Crippen LogP contribution >= 0.6 is 0 Å². The lowest BCUT2D eigenvalue weighted by molar-refractivity contribution is -0.237. The van der Waals surface area contributed by atoms with Gasteiger partial charge in [0.1, 0.15) is 0 Å². The Hall–Kier alpha value is -2.15. The fourth-order valence-electron chi connectivity index (χ4n) is 4.38. The molecule has 3 heteroatoms. The van der Waals surface area contributed by atoms with Gasteiger partial charge in [-0.3, -0.25) is 4.84 Å². The SMILES string of the molecule is N#CC[C@@H]1CC[C@]2(CCc3ccccc32)N1OCc1ccccc1. The summed E-state index contributed by atoms with van der Waals surface area (Å²) in [6.07, 6.45) is 4.81. The lowest BCUT2D eigenvalue weighted by atomic mass is 9.90. The number of benzene rings is 2. The van der Waals surface area contributed by atoms with Crippen molar-refractivity contribution in [2.45, 2.75) is 50.3 Å². The molecule has 2 aromatic rings. The van der Waals surface area contributed by atoms with Crippen molar-refractivity contribution in [3.05, 3.63) is 71.3 Å². The summed E-state index contributed by atoms with van der Waals surface area (Å²) in [5.41, 5.74) is 3.95. The lowest BCUT2D eigenvalue weighted by Gasteiger charge is -2.37. The molecule has 0 aromatic heterocycles. The van der Waals surface area contributed by atoms with Crippen LogP contribution in [0.25, 0.3) is 0 Å². The summed E-state index contributed by atoms with van der Waals surface area (Å²) in [6, 6.07) is 21.5. The Labute approximate surface area is 143 Å². The first-order valence-electron chi connectivity index (χ1n) is 8.75. The quantitative estimate of drug-likeness (QED) is 0.841. The molecular weight excluding hydrogens is 296 g/mol. The van der Waals surface area contributed by atoms with E-state index in [-0.39, 0.29) is 11.6 Å². The zero-order chi connectivity index (χ0) is 16.4. The third-order valence-corrected chi connectivity index (χ3v) is 5.51. The summed E-state index contributed by atoms with van der Waals surface area (Å²) < 4.78 is 0. The Morgan fingerprint density at radius 2 is 1.88 bits per heavy atom. The Morgan fingerprint density at radius 1 is 1.08 bits per heavy atom. The zero-order valence-electron chi connectivity index (χ0n) is 13.8. The minimum Gasteiger partial charge on any atom is -0.293 e. The molecule has 3 nitrogen and oxygen atoms in total. The van der Waals surface area contributed by atoms with Gasteiger partial charge in [0, 0.05) is 6.04 Å². The fourth-order valence-corrected chi connectivity index (χ4v) is 4.38. The van der Waals surface area contributed by atoms with Crippen LogP contribution in [0.15, 0.2) is 54.6 Å². The highest BCUT2D eigenvalue weighted by Gasteiger charge is 2.51. The maximum Gasteiger partial charge on any atom is 0.0936 e. The van der Waals surface area contributed by atoms with Crippen molar-refractivity contribution in [2.24, 2.45) is 0 Å². The van der Waals surface area contributed by atoms with E-state index < -0.39 is 0 Å².